The monoisotopic (exact) mass is 428 g/mol. The minimum atomic E-state index is 0.0782. The third-order valence-corrected chi connectivity index (χ3v) is 7.06. The second kappa shape index (κ2) is 7.67. The zero-order chi connectivity index (χ0) is 20.0. The molecule has 0 spiro atoms. The van der Waals surface area contributed by atoms with Gasteiger partial charge in [0.2, 0.25) is 0 Å². The zero-order valence-electron chi connectivity index (χ0n) is 15.9. The molecule has 1 aliphatic carbocycles. The molecule has 0 bridgehead atoms. The molecule has 2 aromatic rings. The summed E-state index contributed by atoms with van der Waals surface area (Å²) in [6.07, 6.45) is 5.46. The average molecular weight is 429 g/mol. The number of carbonyl (C=O) groups excluding carboxylic acids is 1. The van der Waals surface area contributed by atoms with Crippen molar-refractivity contribution < 1.29 is 9.53 Å². The van der Waals surface area contributed by atoms with Crippen LogP contribution < -0.4 is 5.32 Å². The number of carbonyl (C=O) groups is 1. The molecule has 2 heterocycles. The summed E-state index contributed by atoms with van der Waals surface area (Å²) in [5.74, 6) is 0.672. The molecule has 29 heavy (non-hydrogen) atoms. The lowest BCUT2D eigenvalue weighted by atomic mass is 9.76. The van der Waals surface area contributed by atoms with E-state index in [0.29, 0.717) is 42.3 Å². The number of nitrogens with one attached hydrogen (secondary N) is 1. The smallest absolute Gasteiger partial charge is 0.254 e. The molecule has 3 atom stereocenters. The Balaban J connectivity index is 1.49. The molecular formula is C23H22Cl2N2O2. The lowest BCUT2D eigenvalue weighted by molar-refractivity contribution is 0.0303. The molecule has 5 rings (SSSR count). The Bertz CT molecular complexity index is 985. The summed E-state index contributed by atoms with van der Waals surface area (Å²) in [5.41, 5.74) is 4.00. The van der Waals surface area contributed by atoms with Crippen LogP contribution in [0, 0.1) is 5.92 Å². The molecule has 1 amide bonds. The van der Waals surface area contributed by atoms with Crippen molar-refractivity contribution in [3.05, 3.63) is 75.3 Å². The number of nitrogens with zero attached hydrogens (tertiary/aromatic N) is 1. The highest BCUT2D eigenvalue weighted by molar-refractivity contribution is 6.42. The molecule has 0 saturated carbocycles. The van der Waals surface area contributed by atoms with Crippen molar-refractivity contribution in [2.45, 2.75) is 18.4 Å². The highest BCUT2D eigenvalue weighted by atomic mass is 35.5. The highest BCUT2D eigenvalue weighted by Crippen LogP contribution is 2.51. The van der Waals surface area contributed by atoms with Crippen molar-refractivity contribution in [3.63, 3.8) is 0 Å². The van der Waals surface area contributed by atoms with Crippen molar-refractivity contribution >= 4 is 34.8 Å². The summed E-state index contributed by atoms with van der Waals surface area (Å²) in [4.78, 5) is 14.8. The first-order valence-corrected chi connectivity index (χ1v) is 10.8. The maximum Gasteiger partial charge on any atom is 0.254 e. The summed E-state index contributed by atoms with van der Waals surface area (Å²) in [6.45, 7) is 2.51. The van der Waals surface area contributed by atoms with Gasteiger partial charge in [-0.1, -0.05) is 47.5 Å². The highest BCUT2D eigenvalue weighted by Gasteiger charge is 2.39. The van der Waals surface area contributed by atoms with Gasteiger partial charge < -0.3 is 15.0 Å². The van der Waals surface area contributed by atoms with Crippen LogP contribution >= 0.6 is 23.2 Å². The fourth-order valence-corrected chi connectivity index (χ4v) is 5.17. The second-order valence-electron chi connectivity index (χ2n) is 7.83. The fourth-order valence-electron chi connectivity index (χ4n) is 4.74. The van der Waals surface area contributed by atoms with E-state index < -0.39 is 0 Å². The van der Waals surface area contributed by atoms with Crippen LogP contribution in [0.15, 0.2) is 48.6 Å². The van der Waals surface area contributed by atoms with E-state index in [9.17, 15) is 4.79 Å². The van der Waals surface area contributed by atoms with Gasteiger partial charge in [0.15, 0.2) is 0 Å². The van der Waals surface area contributed by atoms with E-state index in [1.165, 1.54) is 5.56 Å². The number of benzene rings is 2. The van der Waals surface area contributed by atoms with Crippen LogP contribution in [0.1, 0.15) is 39.9 Å². The van der Waals surface area contributed by atoms with Gasteiger partial charge in [0, 0.05) is 30.3 Å². The van der Waals surface area contributed by atoms with Gasteiger partial charge in [-0.3, -0.25) is 4.79 Å². The fraction of sp³-hybridized carbons (Fsp3) is 0.348. The number of morpholine rings is 1. The molecule has 1 fully saturated rings. The SMILES string of the molecule is O=C(c1ccc2c(c1)C1C=CCC1C(c1cccc(Cl)c1Cl)N2)N1CCOCC1. The van der Waals surface area contributed by atoms with E-state index in [2.05, 4.69) is 23.5 Å². The van der Waals surface area contributed by atoms with E-state index in [4.69, 9.17) is 27.9 Å². The number of halogens is 2. The summed E-state index contributed by atoms with van der Waals surface area (Å²) < 4.78 is 5.37. The largest absolute Gasteiger partial charge is 0.378 e. The molecular weight excluding hydrogens is 407 g/mol. The average Bonchev–Trinajstić information content (AvgIpc) is 3.25. The Morgan fingerprint density at radius 3 is 2.76 bits per heavy atom. The number of anilines is 1. The van der Waals surface area contributed by atoms with E-state index in [0.717, 1.165) is 23.2 Å². The molecule has 1 N–H and O–H groups in total. The predicted molar refractivity (Wildman–Crippen MR) is 116 cm³/mol. The van der Waals surface area contributed by atoms with Gasteiger partial charge in [0.1, 0.15) is 0 Å². The maximum atomic E-state index is 12.9. The molecule has 6 heteroatoms. The topological polar surface area (TPSA) is 41.6 Å². The van der Waals surface area contributed by atoms with Crippen LogP contribution in [0.3, 0.4) is 0 Å². The van der Waals surface area contributed by atoms with Gasteiger partial charge in [-0.2, -0.15) is 0 Å². The number of hydrogen-bond acceptors (Lipinski definition) is 3. The van der Waals surface area contributed by atoms with E-state index in [-0.39, 0.29) is 17.9 Å². The van der Waals surface area contributed by atoms with Crippen molar-refractivity contribution in [2.24, 2.45) is 5.92 Å². The summed E-state index contributed by atoms with van der Waals surface area (Å²) in [7, 11) is 0. The quantitative estimate of drug-likeness (QED) is 0.660. The van der Waals surface area contributed by atoms with Gasteiger partial charge in [0.05, 0.1) is 29.3 Å². The normalized spacial score (nSPS) is 25.3. The second-order valence-corrected chi connectivity index (χ2v) is 8.61. The standard InChI is InChI=1S/C23H22Cl2N2O2/c24-19-6-2-5-17(21(19)25)22-16-4-1-3-15(16)18-13-14(7-8-20(18)26-22)23(28)27-9-11-29-12-10-27/h1-3,5-8,13,15-16,22,26H,4,9-12H2. The number of rotatable bonds is 2. The first kappa shape index (κ1) is 19.0. The predicted octanol–water partition coefficient (Wildman–Crippen LogP) is 5.29. The summed E-state index contributed by atoms with van der Waals surface area (Å²) >= 11 is 12.8. The molecule has 3 aliphatic rings. The summed E-state index contributed by atoms with van der Waals surface area (Å²) in [6, 6.07) is 11.9. The van der Waals surface area contributed by atoms with Gasteiger partial charge in [0.25, 0.3) is 5.91 Å². The van der Waals surface area contributed by atoms with Gasteiger partial charge >= 0.3 is 0 Å². The number of hydrogen-bond donors (Lipinski definition) is 1. The van der Waals surface area contributed by atoms with Gasteiger partial charge in [-0.15, -0.1) is 0 Å². The minimum absolute atomic E-state index is 0.0782. The lowest BCUT2D eigenvalue weighted by Crippen LogP contribution is -2.40. The zero-order valence-corrected chi connectivity index (χ0v) is 17.4. The number of allylic oxidation sites excluding steroid dienone is 2. The Kier molecular flexibility index (Phi) is 5.02. The first-order valence-electron chi connectivity index (χ1n) is 10.0. The van der Waals surface area contributed by atoms with Crippen molar-refractivity contribution in [1.82, 2.24) is 4.90 Å². The number of amides is 1. The van der Waals surface area contributed by atoms with Crippen molar-refractivity contribution in [2.75, 3.05) is 31.6 Å². The summed E-state index contributed by atoms with van der Waals surface area (Å²) in [5, 5.41) is 4.86. The van der Waals surface area contributed by atoms with Crippen molar-refractivity contribution in [1.29, 1.82) is 0 Å². The molecule has 1 saturated heterocycles. The van der Waals surface area contributed by atoms with Gasteiger partial charge in [-0.05, 0) is 47.7 Å². The molecule has 150 valence electrons. The Morgan fingerprint density at radius 1 is 1.10 bits per heavy atom. The minimum Gasteiger partial charge on any atom is -0.378 e. The van der Waals surface area contributed by atoms with E-state index in [1.807, 2.05) is 35.2 Å². The molecule has 0 aromatic heterocycles. The molecule has 4 nitrogen and oxygen atoms in total. The van der Waals surface area contributed by atoms with Gasteiger partial charge in [-0.25, -0.2) is 0 Å². The number of ether oxygens (including phenoxy) is 1. The van der Waals surface area contributed by atoms with Crippen molar-refractivity contribution in [3.8, 4) is 0 Å². The molecule has 2 aromatic carbocycles. The maximum absolute atomic E-state index is 12.9. The molecule has 3 unspecified atom stereocenters. The van der Waals surface area contributed by atoms with Crippen LogP contribution in [0.4, 0.5) is 5.69 Å². The van der Waals surface area contributed by atoms with Crippen LogP contribution in [0.2, 0.25) is 10.0 Å². The van der Waals surface area contributed by atoms with Crippen LogP contribution in [0.25, 0.3) is 0 Å². The van der Waals surface area contributed by atoms with E-state index in [1.54, 1.807) is 0 Å². The molecule has 0 radical (unpaired) electrons. The Morgan fingerprint density at radius 2 is 1.93 bits per heavy atom. The Hall–Kier alpha value is -2.01. The molecule has 2 aliphatic heterocycles. The number of fused-ring (bicyclic) bond motifs is 3. The third kappa shape index (κ3) is 3.33. The Labute approximate surface area is 180 Å². The van der Waals surface area contributed by atoms with Crippen LogP contribution in [0.5, 0.6) is 0 Å². The van der Waals surface area contributed by atoms with E-state index >= 15 is 0 Å². The van der Waals surface area contributed by atoms with Crippen LogP contribution in [-0.2, 0) is 4.74 Å². The van der Waals surface area contributed by atoms with Crippen LogP contribution in [-0.4, -0.2) is 37.1 Å². The lowest BCUT2D eigenvalue weighted by Gasteiger charge is -2.38. The third-order valence-electron chi connectivity index (χ3n) is 6.22. The first-order chi connectivity index (χ1) is 14.1.